The molecule has 94 valence electrons. The predicted molar refractivity (Wildman–Crippen MR) is 69.5 cm³/mol. The van der Waals surface area contributed by atoms with Gasteiger partial charge in [-0.05, 0) is 19.9 Å². The Bertz CT molecular complexity index is 421. The van der Waals surface area contributed by atoms with Crippen molar-refractivity contribution in [3.63, 3.8) is 0 Å². The average Bonchev–Trinajstić information content (AvgIpc) is 2.34. The minimum Gasteiger partial charge on any atom is -0.314 e. The molecule has 1 aliphatic heterocycles. The number of rotatable bonds is 3. The Kier molecular flexibility index (Phi) is 3.97. The fourth-order valence-electron chi connectivity index (χ4n) is 2.33. The van der Waals surface area contributed by atoms with Gasteiger partial charge in [0.05, 0.1) is 0 Å². The third-order valence-electron chi connectivity index (χ3n) is 3.37. The molecule has 1 N–H and O–H groups in total. The largest absolute Gasteiger partial charge is 0.314 e. The lowest BCUT2D eigenvalue weighted by atomic mass is 10.2. The second-order valence-electron chi connectivity index (χ2n) is 4.80. The summed E-state index contributed by atoms with van der Waals surface area (Å²) in [6.45, 7) is 9.19. The Morgan fingerprint density at radius 3 is 2.82 bits per heavy atom. The van der Waals surface area contributed by atoms with E-state index in [1.165, 1.54) is 0 Å². The summed E-state index contributed by atoms with van der Waals surface area (Å²) in [4.78, 5) is 14.4. The monoisotopic (exact) mass is 235 g/mol. The van der Waals surface area contributed by atoms with Crippen LogP contribution >= 0.6 is 0 Å². The van der Waals surface area contributed by atoms with E-state index in [9.17, 15) is 4.79 Å². The molecule has 0 saturated carbocycles. The second kappa shape index (κ2) is 5.47. The lowest BCUT2D eigenvalue weighted by Crippen LogP contribution is -2.46. The molecule has 2 heterocycles. The van der Waals surface area contributed by atoms with E-state index in [1.54, 1.807) is 0 Å². The van der Waals surface area contributed by atoms with Gasteiger partial charge >= 0.3 is 0 Å². The average molecular weight is 235 g/mol. The first kappa shape index (κ1) is 12.3. The van der Waals surface area contributed by atoms with Crippen molar-refractivity contribution in [2.75, 3.05) is 32.7 Å². The first-order valence-electron chi connectivity index (χ1n) is 6.29. The third kappa shape index (κ3) is 2.96. The summed E-state index contributed by atoms with van der Waals surface area (Å²) in [7, 11) is 0. The fourth-order valence-corrected chi connectivity index (χ4v) is 2.33. The Morgan fingerprint density at radius 2 is 2.12 bits per heavy atom. The standard InChI is InChI=1S/C13H21N3O/c1-11-4-3-7-16(13(11)17)12(2)10-15-8-5-14-6-9-15/h3-4,7,12,14H,5-6,8-10H2,1-2H3. The molecule has 0 aliphatic carbocycles. The van der Waals surface area contributed by atoms with E-state index in [0.717, 1.165) is 38.3 Å². The van der Waals surface area contributed by atoms with Gasteiger partial charge in [0.25, 0.3) is 5.56 Å². The van der Waals surface area contributed by atoms with Crippen molar-refractivity contribution in [3.8, 4) is 0 Å². The number of hydrogen-bond acceptors (Lipinski definition) is 3. The van der Waals surface area contributed by atoms with E-state index in [1.807, 2.05) is 29.8 Å². The summed E-state index contributed by atoms with van der Waals surface area (Å²) in [6, 6.07) is 4.06. The molecule has 1 aromatic rings. The van der Waals surface area contributed by atoms with Crippen LogP contribution in [0.2, 0.25) is 0 Å². The van der Waals surface area contributed by atoms with Gasteiger partial charge in [-0.2, -0.15) is 0 Å². The van der Waals surface area contributed by atoms with Crippen molar-refractivity contribution in [2.24, 2.45) is 0 Å². The van der Waals surface area contributed by atoms with E-state index in [2.05, 4.69) is 17.1 Å². The Hall–Kier alpha value is -1.13. The van der Waals surface area contributed by atoms with E-state index in [-0.39, 0.29) is 11.6 Å². The Labute approximate surface area is 102 Å². The highest BCUT2D eigenvalue weighted by Gasteiger charge is 2.14. The minimum atomic E-state index is 0.134. The van der Waals surface area contributed by atoms with Crippen LogP contribution in [0.25, 0.3) is 0 Å². The summed E-state index contributed by atoms with van der Waals surface area (Å²) >= 11 is 0. The maximum Gasteiger partial charge on any atom is 0.253 e. The predicted octanol–water partition coefficient (Wildman–Crippen LogP) is 0.623. The molecule has 4 heteroatoms. The van der Waals surface area contributed by atoms with Crippen LogP contribution < -0.4 is 10.9 Å². The van der Waals surface area contributed by atoms with Gasteiger partial charge in [-0.25, -0.2) is 0 Å². The van der Waals surface area contributed by atoms with Crippen LogP contribution in [0.5, 0.6) is 0 Å². The molecule has 1 aliphatic rings. The summed E-state index contributed by atoms with van der Waals surface area (Å²) in [5.74, 6) is 0. The van der Waals surface area contributed by atoms with E-state index < -0.39 is 0 Å². The number of hydrogen-bond donors (Lipinski definition) is 1. The molecule has 0 radical (unpaired) electrons. The Balaban J connectivity index is 2.06. The van der Waals surface area contributed by atoms with Crippen molar-refractivity contribution in [2.45, 2.75) is 19.9 Å². The first-order valence-corrected chi connectivity index (χ1v) is 6.29. The van der Waals surface area contributed by atoms with Crippen molar-refractivity contribution in [1.29, 1.82) is 0 Å². The number of nitrogens with zero attached hydrogens (tertiary/aromatic N) is 2. The lowest BCUT2D eigenvalue weighted by molar-refractivity contribution is 0.211. The molecule has 1 unspecified atom stereocenters. The number of pyridine rings is 1. The molecule has 1 atom stereocenters. The van der Waals surface area contributed by atoms with Gasteiger partial charge in [-0.15, -0.1) is 0 Å². The van der Waals surface area contributed by atoms with E-state index >= 15 is 0 Å². The zero-order valence-electron chi connectivity index (χ0n) is 10.6. The second-order valence-corrected chi connectivity index (χ2v) is 4.80. The van der Waals surface area contributed by atoms with Gasteiger partial charge in [0.1, 0.15) is 0 Å². The normalized spacial score (nSPS) is 19.2. The highest BCUT2D eigenvalue weighted by Crippen LogP contribution is 2.06. The van der Waals surface area contributed by atoms with E-state index in [0.29, 0.717) is 0 Å². The molecule has 17 heavy (non-hydrogen) atoms. The highest BCUT2D eigenvalue weighted by atomic mass is 16.1. The van der Waals surface area contributed by atoms with Gasteiger partial charge in [0, 0.05) is 50.5 Å². The zero-order valence-corrected chi connectivity index (χ0v) is 10.6. The van der Waals surface area contributed by atoms with Gasteiger partial charge < -0.3 is 9.88 Å². The summed E-state index contributed by atoms with van der Waals surface area (Å²) in [6.07, 6.45) is 1.89. The molecule has 0 bridgehead atoms. The summed E-state index contributed by atoms with van der Waals surface area (Å²) < 4.78 is 1.84. The van der Waals surface area contributed by atoms with Crippen LogP contribution in [0.1, 0.15) is 18.5 Å². The number of piperazine rings is 1. The third-order valence-corrected chi connectivity index (χ3v) is 3.37. The molecule has 0 amide bonds. The molecule has 1 fully saturated rings. The fraction of sp³-hybridized carbons (Fsp3) is 0.615. The lowest BCUT2D eigenvalue weighted by Gasteiger charge is -2.30. The maximum absolute atomic E-state index is 12.0. The van der Waals surface area contributed by atoms with Gasteiger partial charge in [-0.1, -0.05) is 6.07 Å². The molecule has 0 spiro atoms. The highest BCUT2D eigenvalue weighted by molar-refractivity contribution is 5.08. The first-order chi connectivity index (χ1) is 8.18. The van der Waals surface area contributed by atoms with Crippen molar-refractivity contribution in [3.05, 3.63) is 34.2 Å². The quantitative estimate of drug-likeness (QED) is 0.834. The smallest absolute Gasteiger partial charge is 0.253 e. The van der Waals surface area contributed by atoms with Crippen LogP contribution in [-0.4, -0.2) is 42.2 Å². The molecule has 4 nitrogen and oxygen atoms in total. The molecule has 1 saturated heterocycles. The molecule has 1 aromatic heterocycles. The van der Waals surface area contributed by atoms with Crippen LogP contribution in [0.15, 0.2) is 23.1 Å². The van der Waals surface area contributed by atoms with Crippen LogP contribution in [0.4, 0.5) is 0 Å². The van der Waals surface area contributed by atoms with Crippen molar-refractivity contribution < 1.29 is 0 Å². The number of nitrogens with one attached hydrogen (secondary N) is 1. The van der Waals surface area contributed by atoms with Gasteiger partial charge in [0.15, 0.2) is 0 Å². The van der Waals surface area contributed by atoms with Crippen LogP contribution in [0, 0.1) is 6.92 Å². The zero-order chi connectivity index (χ0) is 12.3. The van der Waals surface area contributed by atoms with Crippen LogP contribution in [0.3, 0.4) is 0 Å². The van der Waals surface area contributed by atoms with Crippen LogP contribution in [-0.2, 0) is 0 Å². The molecular weight excluding hydrogens is 214 g/mol. The van der Waals surface area contributed by atoms with Gasteiger partial charge in [0.2, 0.25) is 0 Å². The SMILES string of the molecule is Cc1cccn(C(C)CN2CCNCC2)c1=O. The summed E-state index contributed by atoms with van der Waals surface area (Å²) in [5.41, 5.74) is 0.954. The molecule has 2 rings (SSSR count). The summed E-state index contributed by atoms with van der Waals surface area (Å²) in [5, 5.41) is 3.34. The number of aryl methyl sites for hydroxylation is 1. The number of aromatic nitrogens is 1. The minimum absolute atomic E-state index is 0.134. The van der Waals surface area contributed by atoms with Crippen molar-refractivity contribution >= 4 is 0 Å². The molecular formula is C13H21N3O. The molecule has 0 aromatic carbocycles. The topological polar surface area (TPSA) is 37.3 Å². The van der Waals surface area contributed by atoms with Crippen molar-refractivity contribution in [1.82, 2.24) is 14.8 Å². The van der Waals surface area contributed by atoms with Gasteiger partial charge in [-0.3, -0.25) is 9.69 Å². The maximum atomic E-state index is 12.0. The van der Waals surface area contributed by atoms with E-state index in [4.69, 9.17) is 0 Å². The Morgan fingerprint density at radius 1 is 1.41 bits per heavy atom.